The smallest absolute Gasteiger partial charge is 0.350 e. The van der Waals surface area contributed by atoms with Crippen LogP contribution < -0.4 is 0 Å². The minimum absolute atomic E-state index is 0.163. The number of rotatable bonds is 6. The van der Waals surface area contributed by atoms with Gasteiger partial charge in [-0.2, -0.15) is 0 Å². The van der Waals surface area contributed by atoms with Crippen LogP contribution in [-0.4, -0.2) is 29.1 Å². The van der Waals surface area contributed by atoms with Crippen LogP contribution in [-0.2, 0) is 9.53 Å². The summed E-state index contributed by atoms with van der Waals surface area (Å²) in [6, 6.07) is 0. The number of carbonyl (C=O) groups excluding carboxylic acids is 2. The van der Waals surface area contributed by atoms with Crippen LogP contribution >= 0.6 is 23.1 Å². The van der Waals surface area contributed by atoms with Gasteiger partial charge in [-0.15, -0.1) is 11.3 Å². The molecule has 0 unspecified atom stereocenters. The molecule has 1 heterocycles. The summed E-state index contributed by atoms with van der Waals surface area (Å²) in [5, 5.41) is 0. The lowest BCUT2D eigenvalue weighted by Crippen LogP contribution is -2.03. The number of ether oxygens (including phenoxy) is 1. The molecular weight excluding hydrogens is 258 g/mol. The Balaban J connectivity index is 2.61. The van der Waals surface area contributed by atoms with E-state index in [0.29, 0.717) is 29.4 Å². The fourth-order valence-corrected chi connectivity index (χ4v) is 3.30. The first-order valence-corrected chi connectivity index (χ1v) is 7.11. The molecule has 0 aliphatic carbocycles. The lowest BCUT2D eigenvalue weighted by Gasteiger charge is -1.97. The third-order valence-corrected chi connectivity index (χ3v) is 4.20. The number of aryl methyl sites for hydroxylation is 1. The number of Topliss-reactive ketones (excluding diaryl/α,β-unsaturated/α-hetero) is 1. The van der Waals surface area contributed by atoms with Crippen molar-refractivity contribution >= 4 is 34.9 Å². The summed E-state index contributed by atoms with van der Waals surface area (Å²) in [5.41, 5.74) is 0.693. The van der Waals surface area contributed by atoms with E-state index in [9.17, 15) is 9.59 Å². The van der Waals surface area contributed by atoms with Crippen molar-refractivity contribution in [1.29, 1.82) is 0 Å². The number of hydrogen-bond donors (Lipinski definition) is 0. The molecule has 6 heteroatoms. The number of hydrogen-bond acceptors (Lipinski definition) is 6. The van der Waals surface area contributed by atoms with Crippen molar-refractivity contribution in [3.63, 3.8) is 0 Å². The van der Waals surface area contributed by atoms with Crippen LogP contribution in [0.15, 0.2) is 4.34 Å². The van der Waals surface area contributed by atoms with Gasteiger partial charge in [0, 0.05) is 12.2 Å². The summed E-state index contributed by atoms with van der Waals surface area (Å²) < 4.78 is 5.74. The minimum Gasteiger partial charge on any atom is -0.462 e. The van der Waals surface area contributed by atoms with E-state index >= 15 is 0 Å². The Morgan fingerprint density at radius 1 is 1.47 bits per heavy atom. The summed E-state index contributed by atoms with van der Waals surface area (Å²) in [4.78, 5) is 27.2. The lowest BCUT2D eigenvalue weighted by molar-refractivity contribution is -0.116. The van der Waals surface area contributed by atoms with Crippen molar-refractivity contribution in [3.05, 3.63) is 10.6 Å². The fourth-order valence-electron chi connectivity index (χ4n) is 1.10. The molecule has 0 aliphatic rings. The van der Waals surface area contributed by atoms with E-state index in [0.717, 1.165) is 4.34 Å². The average Bonchev–Trinajstić information content (AvgIpc) is 2.59. The Labute approximate surface area is 109 Å². The molecule has 1 aromatic rings. The zero-order valence-electron chi connectivity index (χ0n) is 10.1. The summed E-state index contributed by atoms with van der Waals surface area (Å²) in [5.74, 6) is 0.544. The number of aromatic nitrogens is 1. The normalized spacial score (nSPS) is 10.3. The van der Waals surface area contributed by atoms with E-state index in [4.69, 9.17) is 4.74 Å². The highest BCUT2D eigenvalue weighted by Gasteiger charge is 2.16. The zero-order chi connectivity index (χ0) is 12.8. The number of esters is 1. The second-order valence-electron chi connectivity index (χ2n) is 3.42. The first kappa shape index (κ1) is 14.2. The Morgan fingerprint density at radius 2 is 2.18 bits per heavy atom. The van der Waals surface area contributed by atoms with Gasteiger partial charge in [-0.25, -0.2) is 9.78 Å². The van der Waals surface area contributed by atoms with Crippen LogP contribution in [0.2, 0.25) is 0 Å². The van der Waals surface area contributed by atoms with Crippen LogP contribution in [0.5, 0.6) is 0 Å². The molecule has 0 saturated carbocycles. The monoisotopic (exact) mass is 273 g/mol. The second kappa shape index (κ2) is 6.76. The van der Waals surface area contributed by atoms with Crippen molar-refractivity contribution in [2.75, 3.05) is 12.4 Å². The van der Waals surface area contributed by atoms with E-state index in [1.807, 2.05) is 0 Å². The molecule has 94 valence electrons. The van der Waals surface area contributed by atoms with Crippen LogP contribution in [0.4, 0.5) is 0 Å². The van der Waals surface area contributed by atoms with E-state index < -0.39 is 0 Å². The molecule has 0 aliphatic heterocycles. The quantitative estimate of drug-likeness (QED) is 0.589. The maximum atomic E-state index is 11.5. The summed E-state index contributed by atoms with van der Waals surface area (Å²) in [7, 11) is 0. The lowest BCUT2D eigenvalue weighted by atomic mass is 10.4. The molecule has 0 bridgehead atoms. The third kappa shape index (κ3) is 4.47. The summed E-state index contributed by atoms with van der Waals surface area (Å²) in [6.45, 7) is 5.50. The van der Waals surface area contributed by atoms with Gasteiger partial charge in [0.05, 0.1) is 12.3 Å². The first-order chi connectivity index (χ1) is 8.04. The molecule has 4 nitrogen and oxygen atoms in total. The van der Waals surface area contributed by atoms with Crippen LogP contribution in [0.25, 0.3) is 0 Å². The minimum atomic E-state index is -0.319. The molecular formula is C11H15NO3S2. The van der Waals surface area contributed by atoms with Gasteiger partial charge in [-0.3, -0.25) is 4.79 Å². The van der Waals surface area contributed by atoms with E-state index in [1.54, 1.807) is 20.8 Å². The van der Waals surface area contributed by atoms with E-state index in [1.165, 1.54) is 23.1 Å². The van der Waals surface area contributed by atoms with Crippen molar-refractivity contribution in [2.24, 2.45) is 0 Å². The number of thiazole rings is 1. The van der Waals surface area contributed by atoms with Crippen LogP contribution in [0.3, 0.4) is 0 Å². The average molecular weight is 273 g/mol. The highest BCUT2D eigenvalue weighted by molar-refractivity contribution is 8.01. The Morgan fingerprint density at radius 3 is 2.76 bits per heavy atom. The largest absolute Gasteiger partial charge is 0.462 e. The molecule has 17 heavy (non-hydrogen) atoms. The highest BCUT2D eigenvalue weighted by Crippen LogP contribution is 2.28. The summed E-state index contributed by atoms with van der Waals surface area (Å²) >= 11 is 2.82. The molecule has 0 N–H and O–H groups in total. The highest BCUT2D eigenvalue weighted by atomic mass is 32.2. The number of carbonyl (C=O) groups is 2. The zero-order valence-corrected chi connectivity index (χ0v) is 11.7. The van der Waals surface area contributed by atoms with Gasteiger partial charge < -0.3 is 4.74 Å². The maximum absolute atomic E-state index is 11.5. The number of ketones is 1. The molecule has 0 amide bonds. The number of nitrogens with zero attached hydrogens (tertiary/aromatic N) is 1. The third-order valence-electron chi connectivity index (χ3n) is 1.92. The molecule has 0 radical (unpaired) electrons. The van der Waals surface area contributed by atoms with Crippen LogP contribution in [0.1, 0.15) is 35.6 Å². The Kier molecular flexibility index (Phi) is 5.64. The van der Waals surface area contributed by atoms with Crippen molar-refractivity contribution in [3.8, 4) is 0 Å². The predicted molar refractivity (Wildman–Crippen MR) is 68.8 cm³/mol. The molecule has 0 atom stereocenters. The molecule has 1 aromatic heterocycles. The Bertz CT molecular complexity index is 415. The van der Waals surface area contributed by atoms with E-state index in [2.05, 4.69) is 4.98 Å². The second-order valence-corrected chi connectivity index (χ2v) is 5.76. The van der Waals surface area contributed by atoms with Crippen molar-refractivity contribution in [1.82, 2.24) is 4.98 Å². The van der Waals surface area contributed by atoms with Gasteiger partial charge in [-0.1, -0.05) is 11.8 Å². The van der Waals surface area contributed by atoms with Crippen LogP contribution in [0, 0.1) is 6.92 Å². The fraction of sp³-hybridized carbons (Fsp3) is 0.545. The van der Waals surface area contributed by atoms with Crippen molar-refractivity contribution in [2.45, 2.75) is 31.5 Å². The van der Waals surface area contributed by atoms with E-state index in [-0.39, 0.29) is 11.8 Å². The molecule has 0 spiro atoms. The summed E-state index contributed by atoms with van der Waals surface area (Å²) in [6.07, 6.45) is 0.526. The predicted octanol–water partition coefficient (Wildman–Crippen LogP) is 2.70. The Hall–Kier alpha value is -0.880. The molecule has 1 rings (SSSR count). The van der Waals surface area contributed by atoms with Gasteiger partial charge in [0.25, 0.3) is 0 Å². The molecule has 0 aromatic carbocycles. The van der Waals surface area contributed by atoms with Crippen molar-refractivity contribution < 1.29 is 14.3 Å². The van der Waals surface area contributed by atoms with Gasteiger partial charge in [0.2, 0.25) is 0 Å². The molecule has 0 saturated heterocycles. The first-order valence-electron chi connectivity index (χ1n) is 5.31. The topological polar surface area (TPSA) is 56.3 Å². The SMILES string of the molecule is CCOC(=O)c1sc(SCCC(C)=O)nc1C. The van der Waals surface area contributed by atoms with Gasteiger partial charge in [0.1, 0.15) is 10.7 Å². The molecule has 0 fully saturated rings. The van der Waals surface area contributed by atoms with Gasteiger partial charge in [0.15, 0.2) is 4.34 Å². The maximum Gasteiger partial charge on any atom is 0.350 e. The van der Waals surface area contributed by atoms with Gasteiger partial charge in [-0.05, 0) is 20.8 Å². The number of thioether (sulfide) groups is 1. The standard InChI is InChI=1S/C11H15NO3S2/c1-4-15-10(14)9-8(3)12-11(17-9)16-6-5-7(2)13/h4-6H2,1-3H3. The van der Waals surface area contributed by atoms with Gasteiger partial charge >= 0.3 is 5.97 Å².